The predicted molar refractivity (Wildman–Crippen MR) is 77.4 cm³/mol. The Balaban J connectivity index is 2.11. The van der Waals surface area contributed by atoms with Gasteiger partial charge in [-0.05, 0) is 36.2 Å². The fourth-order valence-electron chi connectivity index (χ4n) is 1.86. The van der Waals surface area contributed by atoms with Crippen molar-refractivity contribution in [3.8, 4) is 0 Å². The molecule has 5 heteroatoms. The van der Waals surface area contributed by atoms with Crippen molar-refractivity contribution in [2.45, 2.75) is 13.5 Å². The van der Waals surface area contributed by atoms with Gasteiger partial charge >= 0.3 is 0 Å². The largest absolute Gasteiger partial charge is 0.409 e. The molecule has 2 aromatic rings. The molecule has 20 heavy (non-hydrogen) atoms. The molecule has 0 atom stereocenters. The molecule has 0 saturated heterocycles. The van der Waals surface area contributed by atoms with E-state index < -0.39 is 0 Å². The molecule has 4 N–H and O–H groups in total. The third-order valence-corrected chi connectivity index (χ3v) is 2.94. The fraction of sp³-hybridized carbons (Fsp3) is 0.133. The van der Waals surface area contributed by atoms with Crippen molar-refractivity contribution in [1.29, 1.82) is 0 Å². The Labute approximate surface area is 116 Å². The molecule has 2 aromatic carbocycles. The number of aryl methyl sites for hydroxylation is 1. The summed E-state index contributed by atoms with van der Waals surface area (Å²) in [6.07, 6.45) is 0. The first-order valence-corrected chi connectivity index (χ1v) is 6.17. The van der Waals surface area contributed by atoms with E-state index in [0.717, 1.165) is 11.1 Å². The van der Waals surface area contributed by atoms with Crippen molar-refractivity contribution in [1.82, 2.24) is 0 Å². The predicted octanol–water partition coefficient (Wildman–Crippen LogP) is 2.84. The van der Waals surface area contributed by atoms with E-state index in [0.29, 0.717) is 17.8 Å². The molecule has 104 valence electrons. The quantitative estimate of drug-likeness (QED) is 0.347. The Kier molecular flexibility index (Phi) is 4.20. The molecule has 0 aliphatic rings. The van der Waals surface area contributed by atoms with E-state index in [4.69, 9.17) is 10.9 Å². The first-order valence-electron chi connectivity index (χ1n) is 6.17. The summed E-state index contributed by atoms with van der Waals surface area (Å²) in [5, 5.41) is 14.6. The van der Waals surface area contributed by atoms with Gasteiger partial charge in [-0.3, -0.25) is 0 Å². The molecule has 0 aromatic heterocycles. The molecule has 0 unspecified atom stereocenters. The molecule has 0 aliphatic heterocycles. The average molecular weight is 273 g/mol. The van der Waals surface area contributed by atoms with Gasteiger partial charge in [0.2, 0.25) is 0 Å². The zero-order valence-corrected chi connectivity index (χ0v) is 11.1. The van der Waals surface area contributed by atoms with Gasteiger partial charge in [-0.2, -0.15) is 0 Å². The van der Waals surface area contributed by atoms with Gasteiger partial charge in [0.05, 0.1) is 5.69 Å². The molecular formula is C15H16FN3O. The lowest BCUT2D eigenvalue weighted by molar-refractivity contribution is 0.318. The average Bonchev–Trinajstić information content (AvgIpc) is 2.46. The molecule has 0 bridgehead atoms. The van der Waals surface area contributed by atoms with Gasteiger partial charge in [-0.25, -0.2) is 4.39 Å². The Morgan fingerprint density at radius 3 is 2.80 bits per heavy atom. The number of halogens is 1. The Bertz CT molecular complexity index is 641. The number of anilines is 1. The minimum Gasteiger partial charge on any atom is -0.409 e. The van der Waals surface area contributed by atoms with Crippen LogP contribution >= 0.6 is 0 Å². The number of nitrogens with two attached hydrogens (primary N) is 1. The molecule has 0 saturated carbocycles. The lowest BCUT2D eigenvalue weighted by Gasteiger charge is -2.09. The smallest absolute Gasteiger partial charge is 0.170 e. The molecule has 0 heterocycles. The molecule has 2 rings (SSSR count). The number of nitrogens with one attached hydrogen (secondary N) is 1. The summed E-state index contributed by atoms with van der Waals surface area (Å²) in [6.45, 7) is 2.29. The SMILES string of the molecule is Cc1ccc(NCc2cccc(C(N)=NO)c2)c(F)c1. The summed E-state index contributed by atoms with van der Waals surface area (Å²) < 4.78 is 13.7. The minimum absolute atomic E-state index is 0.0494. The molecule has 0 spiro atoms. The van der Waals surface area contributed by atoms with Gasteiger partial charge in [0, 0.05) is 12.1 Å². The van der Waals surface area contributed by atoms with E-state index in [-0.39, 0.29) is 11.7 Å². The molecule has 4 nitrogen and oxygen atoms in total. The van der Waals surface area contributed by atoms with Crippen LogP contribution in [0.2, 0.25) is 0 Å². The Morgan fingerprint density at radius 1 is 1.30 bits per heavy atom. The lowest BCUT2D eigenvalue weighted by Crippen LogP contribution is -2.13. The van der Waals surface area contributed by atoms with Crippen LogP contribution in [0.25, 0.3) is 0 Å². The van der Waals surface area contributed by atoms with Gasteiger partial charge in [0.15, 0.2) is 5.84 Å². The van der Waals surface area contributed by atoms with Crippen LogP contribution in [0.3, 0.4) is 0 Å². The molecule has 0 aliphatic carbocycles. The minimum atomic E-state index is -0.280. The number of benzene rings is 2. The van der Waals surface area contributed by atoms with Crippen LogP contribution in [0.4, 0.5) is 10.1 Å². The van der Waals surface area contributed by atoms with Crippen LogP contribution in [0.15, 0.2) is 47.6 Å². The maximum absolute atomic E-state index is 13.7. The second kappa shape index (κ2) is 6.06. The number of oxime groups is 1. The van der Waals surface area contributed by atoms with Crippen molar-refractivity contribution in [2.24, 2.45) is 10.9 Å². The molecule has 0 radical (unpaired) electrons. The van der Waals surface area contributed by atoms with Crippen LogP contribution in [0.1, 0.15) is 16.7 Å². The molecular weight excluding hydrogens is 257 g/mol. The third-order valence-electron chi connectivity index (χ3n) is 2.94. The third kappa shape index (κ3) is 3.26. The maximum atomic E-state index is 13.7. The fourth-order valence-corrected chi connectivity index (χ4v) is 1.86. The van der Waals surface area contributed by atoms with Gasteiger partial charge in [-0.1, -0.05) is 29.4 Å². The highest BCUT2D eigenvalue weighted by atomic mass is 19.1. The van der Waals surface area contributed by atoms with Crippen LogP contribution < -0.4 is 11.1 Å². The summed E-state index contributed by atoms with van der Waals surface area (Å²) in [4.78, 5) is 0. The highest BCUT2D eigenvalue weighted by Crippen LogP contribution is 2.16. The van der Waals surface area contributed by atoms with Gasteiger partial charge < -0.3 is 16.3 Å². The number of rotatable bonds is 4. The van der Waals surface area contributed by atoms with Crippen LogP contribution in [0, 0.1) is 12.7 Å². The van der Waals surface area contributed by atoms with Crippen molar-refractivity contribution < 1.29 is 9.60 Å². The van der Waals surface area contributed by atoms with E-state index in [1.54, 1.807) is 24.3 Å². The lowest BCUT2D eigenvalue weighted by atomic mass is 10.1. The highest BCUT2D eigenvalue weighted by molar-refractivity contribution is 5.97. The summed E-state index contributed by atoms with van der Waals surface area (Å²) in [7, 11) is 0. The summed E-state index contributed by atoms with van der Waals surface area (Å²) in [5.41, 5.74) is 8.39. The number of nitrogens with zero attached hydrogens (tertiary/aromatic N) is 1. The normalized spacial score (nSPS) is 11.4. The zero-order chi connectivity index (χ0) is 14.5. The van der Waals surface area contributed by atoms with Gasteiger partial charge in [0.1, 0.15) is 5.82 Å². The Morgan fingerprint density at radius 2 is 2.10 bits per heavy atom. The van der Waals surface area contributed by atoms with E-state index >= 15 is 0 Å². The van der Waals surface area contributed by atoms with Crippen molar-refractivity contribution in [2.75, 3.05) is 5.32 Å². The number of amidine groups is 1. The van der Waals surface area contributed by atoms with Crippen LogP contribution in [-0.2, 0) is 6.54 Å². The maximum Gasteiger partial charge on any atom is 0.170 e. The second-order valence-electron chi connectivity index (χ2n) is 4.52. The van der Waals surface area contributed by atoms with E-state index in [1.807, 2.05) is 19.1 Å². The summed E-state index contributed by atoms with van der Waals surface area (Å²) in [6, 6.07) is 12.2. The van der Waals surface area contributed by atoms with Crippen molar-refractivity contribution in [3.63, 3.8) is 0 Å². The number of hydrogen-bond donors (Lipinski definition) is 3. The summed E-state index contributed by atoms with van der Waals surface area (Å²) in [5.74, 6) is -0.231. The molecule has 0 amide bonds. The zero-order valence-electron chi connectivity index (χ0n) is 11.1. The first-order chi connectivity index (χ1) is 9.60. The topological polar surface area (TPSA) is 70.6 Å². The van der Waals surface area contributed by atoms with E-state index in [1.165, 1.54) is 6.07 Å². The highest BCUT2D eigenvalue weighted by Gasteiger charge is 2.03. The monoisotopic (exact) mass is 273 g/mol. The van der Waals surface area contributed by atoms with E-state index in [2.05, 4.69) is 10.5 Å². The van der Waals surface area contributed by atoms with Gasteiger partial charge in [0.25, 0.3) is 0 Å². The van der Waals surface area contributed by atoms with Crippen molar-refractivity contribution in [3.05, 3.63) is 65.0 Å². The first kappa shape index (κ1) is 13.9. The van der Waals surface area contributed by atoms with Crippen molar-refractivity contribution >= 4 is 11.5 Å². The van der Waals surface area contributed by atoms with Crippen LogP contribution in [-0.4, -0.2) is 11.0 Å². The summed E-state index contributed by atoms with van der Waals surface area (Å²) >= 11 is 0. The van der Waals surface area contributed by atoms with Gasteiger partial charge in [-0.15, -0.1) is 0 Å². The van der Waals surface area contributed by atoms with E-state index in [9.17, 15) is 4.39 Å². The number of hydrogen-bond acceptors (Lipinski definition) is 3. The second-order valence-corrected chi connectivity index (χ2v) is 4.52. The molecule has 0 fully saturated rings. The standard InChI is InChI=1S/C15H16FN3O/c1-10-5-6-14(13(16)7-10)18-9-11-3-2-4-12(8-11)15(17)19-20/h2-8,18,20H,9H2,1H3,(H2,17,19). The Hall–Kier alpha value is -2.56. The van der Waals surface area contributed by atoms with Crippen LogP contribution in [0.5, 0.6) is 0 Å².